The summed E-state index contributed by atoms with van der Waals surface area (Å²) in [5.74, 6) is 0.0574. The quantitative estimate of drug-likeness (QED) is 0.732. The standard InChI is InChI=1S/C23H31N5O3/c1-15-5-9-18(10-6-15)28-20(16-7-8-16)19(25-26-28)21(29)24-13-14-27(17-11-12-17)22(30)31-23(2,3)4/h5-6,9-10,16-17H,7-8,11-14H2,1-4H3,(H,24,29). The van der Waals surface area contributed by atoms with E-state index in [0.717, 1.165) is 37.1 Å². The molecule has 1 aromatic carbocycles. The number of carbonyl (C=O) groups is 2. The number of rotatable bonds is 7. The Hall–Kier alpha value is -2.90. The molecule has 8 heteroatoms. The van der Waals surface area contributed by atoms with E-state index in [1.54, 1.807) is 9.58 Å². The van der Waals surface area contributed by atoms with Crippen molar-refractivity contribution in [2.45, 2.75) is 70.9 Å². The maximum Gasteiger partial charge on any atom is 0.410 e. The molecule has 8 nitrogen and oxygen atoms in total. The SMILES string of the molecule is Cc1ccc(-n2nnc(C(=O)NCCN(C(=O)OC(C)(C)C)C3CC3)c2C2CC2)cc1. The third-order valence-electron chi connectivity index (χ3n) is 5.42. The third kappa shape index (κ3) is 5.24. The zero-order chi connectivity index (χ0) is 22.2. The zero-order valence-corrected chi connectivity index (χ0v) is 18.7. The smallest absolute Gasteiger partial charge is 0.410 e. The van der Waals surface area contributed by atoms with Gasteiger partial charge in [-0.25, -0.2) is 9.48 Å². The van der Waals surface area contributed by atoms with E-state index in [1.807, 2.05) is 52.0 Å². The monoisotopic (exact) mass is 425 g/mol. The minimum atomic E-state index is -0.541. The van der Waals surface area contributed by atoms with Crippen LogP contribution in [0.2, 0.25) is 0 Å². The summed E-state index contributed by atoms with van der Waals surface area (Å²) in [7, 11) is 0. The highest BCUT2D eigenvalue weighted by molar-refractivity contribution is 5.93. The lowest BCUT2D eigenvalue weighted by atomic mass is 10.2. The highest BCUT2D eigenvalue weighted by Crippen LogP contribution is 2.42. The maximum absolute atomic E-state index is 12.9. The molecule has 0 radical (unpaired) electrons. The Morgan fingerprint density at radius 1 is 1.16 bits per heavy atom. The van der Waals surface area contributed by atoms with Crippen molar-refractivity contribution >= 4 is 12.0 Å². The van der Waals surface area contributed by atoms with Crippen LogP contribution in [0.1, 0.15) is 74.1 Å². The molecule has 1 N–H and O–H groups in total. The molecule has 0 bridgehead atoms. The van der Waals surface area contributed by atoms with Gasteiger partial charge in [-0.15, -0.1) is 5.10 Å². The Kier molecular flexibility index (Phi) is 5.73. The Bertz CT molecular complexity index is 953. The molecule has 0 spiro atoms. The van der Waals surface area contributed by atoms with E-state index in [1.165, 1.54) is 5.56 Å². The van der Waals surface area contributed by atoms with Crippen LogP contribution in [-0.2, 0) is 4.74 Å². The molecule has 2 fully saturated rings. The second kappa shape index (κ2) is 8.32. The maximum atomic E-state index is 12.9. The number of hydrogen-bond acceptors (Lipinski definition) is 5. The minimum absolute atomic E-state index is 0.205. The van der Waals surface area contributed by atoms with Gasteiger partial charge in [-0.1, -0.05) is 22.9 Å². The van der Waals surface area contributed by atoms with Gasteiger partial charge in [-0.05, 0) is 65.5 Å². The summed E-state index contributed by atoms with van der Waals surface area (Å²) < 4.78 is 7.29. The molecule has 2 amide bonds. The van der Waals surface area contributed by atoms with Crippen molar-refractivity contribution < 1.29 is 14.3 Å². The van der Waals surface area contributed by atoms with Crippen molar-refractivity contribution in [3.05, 3.63) is 41.2 Å². The molecule has 2 aliphatic carbocycles. The Morgan fingerprint density at radius 3 is 2.42 bits per heavy atom. The number of benzene rings is 1. The first-order valence-electron chi connectivity index (χ1n) is 11.0. The zero-order valence-electron chi connectivity index (χ0n) is 18.7. The molecule has 2 aromatic rings. The summed E-state index contributed by atoms with van der Waals surface area (Å²) in [6, 6.07) is 8.24. The lowest BCUT2D eigenvalue weighted by molar-refractivity contribution is 0.0234. The van der Waals surface area contributed by atoms with Crippen LogP contribution >= 0.6 is 0 Å². The van der Waals surface area contributed by atoms with E-state index in [9.17, 15) is 9.59 Å². The second-order valence-corrected chi connectivity index (χ2v) is 9.51. The minimum Gasteiger partial charge on any atom is -0.444 e. The summed E-state index contributed by atoms with van der Waals surface area (Å²) in [6.45, 7) is 8.36. The van der Waals surface area contributed by atoms with Gasteiger partial charge < -0.3 is 15.0 Å². The predicted molar refractivity (Wildman–Crippen MR) is 116 cm³/mol. The molecular formula is C23H31N5O3. The van der Waals surface area contributed by atoms with Crippen molar-refractivity contribution in [3.63, 3.8) is 0 Å². The summed E-state index contributed by atoms with van der Waals surface area (Å²) in [4.78, 5) is 27.1. The van der Waals surface area contributed by atoms with Crippen molar-refractivity contribution in [2.75, 3.05) is 13.1 Å². The molecule has 31 heavy (non-hydrogen) atoms. The molecule has 0 atom stereocenters. The summed E-state index contributed by atoms with van der Waals surface area (Å²) in [5.41, 5.74) is 2.77. The van der Waals surface area contributed by atoms with Crippen LogP contribution in [-0.4, -0.2) is 56.6 Å². The molecule has 1 aromatic heterocycles. The number of aryl methyl sites for hydroxylation is 1. The molecule has 2 saturated carbocycles. The first-order valence-corrected chi connectivity index (χ1v) is 11.0. The van der Waals surface area contributed by atoms with Crippen LogP contribution < -0.4 is 5.32 Å². The van der Waals surface area contributed by atoms with Gasteiger partial charge >= 0.3 is 6.09 Å². The van der Waals surface area contributed by atoms with Crippen LogP contribution in [0.15, 0.2) is 24.3 Å². The molecule has 4 rings (SSSR count). The van der Waals surface area contributed by atoms with Crippen LogP contribution in [0.5, 0.6) is 0 Å². The first-order chi connectivity index (χ1) is 14.7. The number of amides is 2. The van der Waals surface area contributed by atoms with Gasteiger partial charge in [0.2, 0.25) is 0 Å². The van der Waals surface area contributed by atoms with Crippen molar-refractivity contribution in [1.82, 2.24) is 25.2 Å². The molecule has 166 valence electrons. The van der Waals surface area contributed by atoms with Gasteiger partial charge in [0, 0.05) is 25.0 Å². The largest absolute Gasteiger partial charge is 0.444 e. The molecule has 2 aliphatic rings. The van der Waals surface area contributed by atoms with Gasteiger partial charge in [0.15, 0.2) is 5.69 Å². The van der Waals surface area contributed by atoms with Crippen LogP contribution in [0.25, 0.3) is 5.69 Å². The fraction of sp³-hybridized carbons (Fsp3) is 0.565. The van der Waals surface area contributed by atoms with E-state index in [2.05, 4.69) is 15.6 Å². The Morgan fingerprint density at radius 2 is 1.84 bits per heavy atom. The first kappa shape index (κ1) is 21.3. The fourth-order valence-corrected chi connectivity index (χ4v) is 3.55. The van der Waals surface area contributed by atoms with Crippen molar-refractivity contribution in [1.29, 1.82) is 0 Å². The third-order valence-corrected chi connectivity index (χ3v) is 5.42. The number of hydrogen-bond donors (Lipinski definition) is 1. The van der Waals surface area contributed by atoms with E-state index in [4.69, 9.17) is 4.74 Å². The van der Waals surface area contributed by atoms with E-state index in [-0.39, 0.29) is 18.0 Å². The average Bonchev–Trinajstić information content (AvgIpc) is 3.63. The lowest BCUT2D eigenvalue weighted by Crippen LogP contribution is -2.42. The van der Waals surface area contributed by atoms with Crippen LogP contribution in [0.3, 0.4) is 0 Å². The molecule has 0 saturated heterocycles. The number of nitrogens with one attached hydrogen (secondary N) is 1. The molecule has 1 heterocycles. The number of aromatic nitrogens is 3. The van der Waals surface area contributed by atoms with Crippen molar-refractivity contribution in [2.24, 2.45) is 0 Å². The van der Waals surface area contributed by atoms with Gasteiger partial charge in [0.05, 0.1) is 11.4 Å². The highest BCUT2D eigenvalue weighted by atomic mass is 16.6. The number of nitrogens with zero attached hydrogens (tertiary/aromatic N) is 4. The topological polar surface area (TPSA) is 89.4 Å². The van der Waals surface area contributed by atoms with Gasteiger partial charge in [-0.3, -0.25) is 4.79 Å². The highest BCUT2D eigenvalue weighted by Gasteiger charge is 2.36. The Balaban J connectivity index is 1.42. The van der Waals surface area contributed by atoms with Crippen LogP contribution in [0.4, 0.5) is 4.79 Å². The molecule has 0 aliphatic heterocycles. The number of carbonyl (C=O) groups excluding carboxylic acids is 2. The van der Waals surface area contributed by atoms with Gasteiger partial charge in [-0.2, -0.15) is 0 Å². The van der Waals surface area contributed by atoms with Gasteiger partial charge in [0.1, 0.15) is 5.60 Å². The van der Waals surface area contributed by atoms with E-state index in [0.29, 0.717) is 24.7 Å². The summed E-state index contributed by atoms with van der Waals surface area (Å²) in [6.07, 6.45) is 3.70. The Labute approximate surface area is 182 Å². The molecule has 0 unspecified atom stereocenters. The molecular weight excluding hydrogens is 394 g/mol. The average molecular weight is 426 g/mol. The number of ether oxygens (including phenoxy) is 1. The summed E-state index contributed by atoms with van der Waals surface area (Å²) >= 11 is 0. The van der Waals surface area contributed by atoms with E-state index >= 15 is 0 Å². The summed E-state index contributed by atoms with van der Waals surface area (Å²) in [5, 5.41) is 11.4. The van der Waals surface area contributed by atoms with E-state index < -0.39 is 5.60 Å². The van der Waals surface area contributed by atoms with Crippen molar-refractivity contribution in [3.8, 4) is 5.69 Å². The lowest BCUT2D eigenvalue weighted by Gasteiger charge is -2.27. The normalized spacial score (nSPS) is 16.1. The van der Waals surface area contributed by atoms with Crippen LogP contribution in [0, 0.1) is 6.92 Å². The predicted octanol–water partition coefficient (Wildman–Crippen LogP) is 3.58. The second-order valence-electron chi connectivity index (χ2n) is 9.51. The van der Waals surface area contributed by atoms with Gasteiger partial charge in [0.25, 0.3) is 5.91 Å². The fourth-order valence-electron chi connectivity index (χ4n) is 3.55.